The number of esters is 2. The number of ether oxygens (including phenoxy) is 3. The van der Waals surface area contributed by atoms with E-state index in [-0.39, 0.29) is 77.6 Å². The van der Waals surface area contributed by atoms with Gasteiger partial charge in [-0.2, -0.15) is 0 Å². The minimum absolute atomic E-state index is 0.00392. The third-order valence-electron chi connectivity index (χ3n) is 20.4. The molecule has 5 aliphatic carbocycles. The van der Waals surface area contributed by atoms with Gasteiger partial charge in [0.25, 0.3) is 0 Å². The zero-order chi connectivity index (χ0) is 52.5. The summed E-state index contributed by atoms with van der Waals surface area (Å²) < 4.78 is 20.8. The van der Waals surface area contributed by atoms with Crippen LogP contribution in [0.1, 0.15) is 172 Å². The Balaban J connectivity index is 1.11. The van der Waals surface area contributed by atoms with Crippen molar-refractivity contribution in [2.75, 3.05) is 44.4 Å². The largest absolute Gasteiger partial charge is 0.504 e. The molecule has 5 fully saturated rings. The van der Waals surface area contributed by atoms with E-state index in [0.29, 0.717) is 113 Å². The average Bonchev–Trinajstić information content (AvgIpc) is 3.88. The number of hydrogen-bond acceptors (Lipinski definition) is 14. The Kier molecular flexibility index (Phi) is 17.3. The highest BCUT2D eigenvalue weighted by molar-refractivity contribution is 8.76. The zero-order valence-corrected chi connectivity index (χ0v) is 46.6. The molecular weight excluding hydrogens is 987 g/mol. The van der Waals surface area contributed by atoms with Crippen molar-refractivity contribution in [3.63, 3.8) is 0 Å². The summed E-state index contributed by atoms with van der Waals surface area (Å²) in [7, 11) is 3.31. The molecule has 4 aliphatic heterocycles. The smallest absolute Gasteiger partial charge is 0.332 e. The third-order valence-corrected chi connectivity index (χ3v) is 23.1. The number of piperidine rings is 2. The fraction of sp³-hybridized carbons (Fsp3) is 0.783. The van der Waals surface area contributed by atoms with Gasteiger partial charge in [0.05, 0.1) is 18.3 Å². The highest BCUT2D eigenvalue weighted by Crippen LogP contribution is 2.65. The number of carbonyl (C=O) groups excluding carboxylic acids is 3. The van der Waals surface area contributed by atoms with Crippen LogP contribution in [0.2, 0.25) is 0 Å². The summed E-state index contributed by atoms with van der Waals surface area (Å²) in [5.74, 6) is 8.11. The molecule has 1 aromatic carbocycles. The van der Waals surface area contributed by atoms with E-state index in [0.717, 1.165) is 75.5 Å². The first-order valence-electron chi connectivity index (χ1n) is 29.2. The molecule has 9 aliphatic rings. The number of carbonyl (C=O) groups is 3. The molecule has 75 heavy (non-hydrogen) atoms. The summed E-state index contributed by atoms with van der Waals surface area (Å²) in [5, 5.41) is 58.4. The van der Waals surface area contributed by atoms with Gasteiger partial charge in [-0.05, 0) is 145 Å². The number of phenols is 1. The lowest BCUT2D eigenvalue weighted by molar-refractivity contribution is -0.183. The van der Waals surface area contributed by atoms with Gasteiger partial charge >= 0.3 is 11.9 Å². The maximum atomic E-state index is 15.8. The van der Waals surface area contributed by atoms with E-state index < -0.39 is 46.8 Å². The molecule has 0 unspecified atom stereocenters. The second kappa shape index (κ2) is 23.4. The minimum atomic E-state index is -1.18. The molecule has 1 spiro atoms. The van der Waals surface area contributed by atoms with E-state index in [4.69, 9.17) is 14.2 Å². The Morgan fingerprint density at radius 2 is 1.79 bits per heavy atom. The van der Waals surface area contributed by atoms with Crippen LogP contribution in [0.5, 0.6) is 11.5 Å². The van der Waals surface area contributed by atoms with E-state index in [1.165, 1.54) is 6.92 Å². The van der Waals surface area contributed by atoms with Crippen LogP contribution < -0.4 is 20.7 Å². The summed E-state index contributed by atoms with van der Waals surface area (Å²) >= 11 is 0. The predicted molar refractivity (Wildman–Crippen MR) is 293 cm³/mol. The van der Waals surface area contributed by atoms with Crippen LogP contribution in [0.3, 0.4) is 0 Å². The lowest BCUT2D eigenvalue weighted by atomic mass is 9.51. The molecule has 414 valence electrons. The molecule has 13 nitrogen and oxygen atoms in total. The first-order chi connectivity index (χ1) is 36.1. The molecule has 2 saturated carbocycles. The zero-order valence-electron chi connectivity index (χ0n) is 45.0. The number of aliphatic hydroxyl groups is 3. The maximum absolute atomic E-state index is 15.8. The highest BCUT2D eigenvalue weighted by atomic mass is 33.1. The molecule has 3 saturated heterocycles. The normalized spacial score (nSPS) is 39.6. The lowest BCUT2D eigenvalue weighted by Gasteiger charge is -2.56. The molecule has 4 heterocycles. The van der Waals surface area contributed by atoms with Crippen LogP contribution in [0.4, 0.5) is 0 Å². The highest BCUT2D eigenvalue weighted by Gasteiger charge is 2.60. The molecule has 0 radical (unpaired) electrons. The number of benzene rings is 1. The number of aromatic hydroxyl groups is 1. The first kappa shape index (κ1) is 55.3. The van der Waals surface area contributed by atoms with Crippen molar-refractivity contribution in [3.8, 4) is 23.3 Å². The summed E-state index contributed by atoms with van der Waals surface area (Å²) in [6, 6.07) is 3.60. The molecular formula is C60H87N3O10S2. The molecule has 10 rings (SSSR count). The van der Waals surface area contributed by atoms with Gasteiger partial charge in [0.15, 0.2) is 11.5 Å². The topological polar surface area (TPSA) is 196 Å². The number of phenolic OH excluding ortho intramolecular Hbond substituents is 1. The van der Waals surface area contributed by atoms with Crippen LogP contribution >= 0.6 is 21.6 Å². The first-order valence-corrected chi connectivity index (χ1v) is 31.7. The van der Waals surface area contributed by atoms with Crippen molar-refractivity contribution in [3.05, 3.63) is 35.4 Å². The van der Waals surface area contributed by atoms with Crippen LogP contribution in [0.15, 0.2) is 24.3 Å². The number of allylic oxidation sites excluding steroid dienone is 1. The fourth-order valence-electron chi connectivity index (χ4n) is 16.7. The molecule has 7 N–H and O–H groups in total. The van der Waals surface area contributed by atoms with Gasteiger partial charge in [0, 0.05) is 97.0 Å². The van der Waals surface area contributed by atoms with Gasteiger partial charge in [-0.1, -0.05) is 78.3 Å². The monoisotopic (exact) mass is 1070 g/mol. The summed E-state index contributed by atoms with van der Waals surface area (Å²) in [4.78, 5) is 43.0. The summed E-state index contributed by atoms with van der Waals surface area (Å²) in [6.45, 7) is 8.14. The van der Waals surface area contributed by atoms with Crippen LogP contribution in [0, 0.1) is 64.1 Å². The second-order valence-electron chi connectivity index (χ2n) is 25.4. The van der Waals surface area contributed by atoms with Crippen LogP contribution in [-0.4, -0.2) is 118 Å². The number of hydrogen-bond donors (Lipinski definition) is 7. The lowest BCUT2D eigenvalue weighted by Crippen LogP contribution is -2.65. The Hall–Kier alpha value is -2.97. The SMILES string of the molecule is CC(=O)O[C@H]1C[C@@H](OC(=O)[C@]23CCCC[C@H]2CCC(=O)N3)C2(CCNCC2)[C@@H]2c3ccc(O)c4c3[C@H](C[C@@H]2C#CC[C@@H]2C[C@](C)(O)CSSC[C@@H](NC[C@H]3C=CC[C@@H](C)C3)[C@H](O)CC[C@@H]21)[C@@H](C1(CO)CCCC1)CO4. The molecule has 1 aromatic rings. The maximum Gasteiger partial charge on any atom is 0.332 e. The van der Waals surface area contributed by atoms with E-state index in [2.05, 4.69) is 52.9 Å². The molecule has 0 aromatic heterocycles. The Labute approximate surface area is 454 Å². The Morgan fingerprint density at radius 1 is 0.987 bits per heavy atom. The Bertz CT molecular complexity index is 2310. The summed E-state index contributed by atoms with van der Waals surface area (Å²) in [5.41, 5.74) is -1.37. The quantitative estimate of drug-likeness (QED) is 0.0567. The number of fused-ring (bicyclic) bond motifs is 5. The fourth-order valence-corrected chi connectivity index (χ4v) is 19.5. The van der Waals surface area contributed by atoms with Crippen LogP contribution in [0.25, 0.3) is 0 Å². The number of nitrogens with one attached hydrogen (secondary N) is 3. The van der Waals surface area contributed by atoms with Crippen molar-refractivity contribution >= 4 is 39.4 Å². The van der Waals surface area contributed by atoms with Gasteiger partial charge in [-0.15, -0.1) is 5.92 Å². The van der Waals surface area contributed by atoms with Gasteiger partial charge in [-0.25, -0.2) is 4.79 Å². The van der Waals surface area contributed by atoms with E-state index >= 15 is 4.79 Å². The van der Waals surface area contributed by atoms with Gasteiger partial charge in [0.2, 0.25) is 5.91 Å². The third kappa shape index (κ3) is 11.4. The predicted octanol–water partition coefficient (Wildman–Crippen LogP) is 8.46. The standard InChI is InChI=1S/C60H87N3O10S2/c1-37-10-8-11-39(28-37)32-62-47-34-74-75-36-57(3,70)31-41-13-9-12-40-29-45-46(58(35-64)21-6-7-22-58)33-71-55-49(67)19-17-44(53(45)55)54(40)59(24-26-61-27-25-59)51(30-50(72-38(2)65)43(41)16-18-48(47)66)73-56(69)60-23-5-4-14-42(60)15-20-52(68)63-60/h8,11,17,19,37,39-43,45-48,50-51,54,61-62,64,66-67,70H,4-7,10,13-16,18,20-36H2,1-3H3,(H,63,68)/t37-,39+,40+,41-,42+,43+,45-,46+,47-,48-,50+,51-,54+,57+,60+/m1/s1. The van der Waals surface area contributed by atoms with Crippen LogP contribution in [-0.2, 0) is 23.9 Å². The van der Waals surface area contributed by atoms with E-state index in [1.54, 1.807) is 27.7 Å². The summed E-state index contributed by atoms with van der Waals surface area (Å²) in [6.07, 6.45) is 16.2. The molecule has 1 amide bonds. The van der Waals surface area contributed by atoms with Crippen molar-refractivity contribution < 1.29 is 49.0 Å². The van der Waals surface area contributed by atoms with Crippen molar-refractivity contribution in [1.82, 2.24) is 16.0 Å². The molecule has 15 heteroatoms. The molecule has 0 bridgehead atoms. The van der Waals surface area contributed by atoms with Gasteiger partial charge < -0.3 is 50.6 Å². The molecule has 15 atom stereocenters. The van der Waals surface area contributed by atoms with Crippen molar-refractivity contribution in [2.45, 2.75) is 197 Å². The average molecular weight is 1070 g/mol. The minimum Gasteiger partial charge on any atom is -0.504 e. The van der Waals surface area contributed by atoms with E-state index in [9.17, 15) is 30.0 Å². The second-order valence-corrected chi connectivity index (χ2v) is 27.9. The van der Waals surface area contributed by atoms with Gasteiger partial charge in [0.1, 0.15) is 17.7 Å². The van der Waals surface area contributed by atoms with Crippen molar-refractivity contribution in [2.24, 2.45) is 52.3 Å². The number of aliphatic hydroxyl groups excluding tert-OH is 2. The Morgan fingerprint density at radius 3 is 2.56 bits per heavy atom. The number of amides is 1. The number of rotatable bonds is 8. The van der Waals surface area contributed by atoms with E-state index in [1.807, 2.05) is 6.92 Å². The van der Waals surface area contributed by atoms with Gasteiger partial charge in [-0.3, -0.25) is 9.59 Å². The van der Waals surface area contributed by atoms with Crippen molar-refractivity contribution in [1.29, 1.82) is 0 Å².